The minimum absolute atomic E-state index is 0.0514. The second-order valence-corrected chi connectivity index (χ2v) is 10.1. The second-order valence-electron chi connectivity index (χ2n) is 7.77. The number of allylic oxidation sites excluding steroid dienone is 2. The Morgan fingerprint density at radius 1 is 1.13 bits per heavy atom. The molecule has 5 nitrogen and oxygen atoms in total. The van der Waals surface area contributed by atoms with Crippen LogP contribution in [0.3, 0.4) is 0 Å². The normalized spacial score (nSPS) is 20.8. The summed E-state index contributed by atoms with van der Waals surface area (Å²) in [4.78, 5) is 0.122. The molecule has 0 saturated heterocycles. The van der Waals surface area contributed by atoms with E-state index in [1.165, 1.54) is 28.9 Å². The number of hydrogen-bond donors (Lipinski definition) is 1. The van der Waals surface area contributed by atoms with Crippen molar-refractivity contribution in [1.29, 1.82) is 0 Å². The molecule has 1 aromatic heterocycles. The average molecular weight is 460 g/mol. The van der Waals surface area contributed by atoms with Crippen molar-refractivity contribution in [3.63, 3.8) is 0 Å². The van der Waals surface area contributed by atoms with Crippen LogP contribution in [0.15, 0.2) is 45.8 Å². The molecule has 1 aliphatic heterocycles. The fourth-order valence-corrected chi connectivity index (χ4v) is 6.33. The van der Waals surface area contributed by atoms with Crippen molar-refractivity contribution in [3.05, 3.63) is 51.7 Å². The quantitative estimate of drug-likeness (QED) is 0.629. The van der Waals surface area contributed by atoms with Gasteiger partial charge in [0.25, 0.3) is 0 Å². The summed E-state index contributed by atoms with van der Waals surface area (Å²) >= 11 is 5.90. The number of aromatic nitrogens is 2. The third kappa shape index (κ3) is 3.73. The number of alkyl halides is 3. The van der Waals surface area contributed by atoms with E-state index < -0.39 is 27.7 Å². The smallest absolute Gasteiger partial charge is 0.343 e. The summed E-state index contributed by atoms with van der Waals surface area (Å²) in [5, 5.41) is 7.03. The summed E-state index contributed by atoms with van der Waals surface area (Å²) in [5.41, 5.74) is -0.717. The lowest BCUT2D eigenvalue weighted by Gasteiger charge is -2.36. The highest BCUT2D eigenvalue weighted by atomic mass is 35.5. The molecule has 1 fully saturated rings. The Labute approximate surface area is 177 Å². The zero-order valence-electron chi connectivity index (χ0n) is 16.2. The first-order chi connectivity index (χ1) is 14.1. The standard InChI is InChI=1S/C20H21ClF3N3O2S/c1-12-19(30(28,29)15-9-7-14(21)8-10-15)18(13-5-3-2-4-6-13)27-17(25-12)11-16(26-27)20(22,23)24/h7-11,13,18,25H,2-6H2,1H3. The summed E-state index contributed by atoms with van der Waals surface area (Å²) in [7, 11) is -3.98. The Hall–Kier alpha value is -2.00. The van der Waals surface area contributed by atoms with Gasteiger partial charge in [-0.2, -0.15) is 18.3 Å². The first-order valence-electron chi connectivity index (χ1n) is 9.74. The Morgan fingerprint density at radius 2 is 1.77 bits per heavy atom. The molecule has 1 atom stereocenters. The van der Waals surface area contributed by atoms with E-state index in [1.54, 1.807) is 6.92 Å². The van der Waals surface area contributed by atoms with E-state index in [4.69, 9.17) is 11.6 Å². The lowest BCUT2D eigenvalue weighted by molar-refractivity contribution is -0.141. The van der Waals surface area contributed by atoms with Crippen LogP contribution >= 0.6 is 11.6 Å². The second kappa shape index (κ2) is 7.60. The first-order valence-corrected chi connectivity index (χ1v) is 11.6. The highest BCUT2D eigenvalue weighted by Crippen LogP contribution is 2.46. The van der Waals surface area contributed by atoms with Crippen molar-refractivity contribution < 1.29 is 21.6 Å². The van der Waals surface area contributed by atoms with Gasteiger partial charge in [-0.15, -0.1) is 0 Å². The molecule has 2 aliphatic rings. The minimum Gasteiger partial charge on any atom is -0.343 e. The van der Waals surface area contributed by atoms with Crippen LogP contribution in [0.25, 0.3) is 0 Å². The molecule has 4 rings (SSSR count). The van der Waals surface area contributed by atoms with E-state index in [0.29, 0.717) is 10.7 Å². The Kier molecular flexibility index (Phi) is 5.38. The van der Waals surface area contributed by atoms with Gasteiger partial charge in [0.05, 0.1) is 15.8 Å². The van der Waals surface area contributed by atoms with Crippen LogP contribution in [0, 0.1) is 5.92 Å². The minimum atomic E-state index is -4.62. The van der Waals surface area contributed by atoms with E-state index in [9.17, 15) is 21.6 Å². The van der Waals surface area contributed by atoms with Crippen LogP contribution in [-0.4, -0.2) is 18.2 Å². The topological polar surface area (TPSA) is 64.0 Å². The molecule has 1 aromatic carbocycles. The van der Waals surface area contributed by atoms with Crippen molar-refractivity contribution >= 4 is 27.3 Å². The number of anilines is 1. The molecule has 30 heavy (non-hydrogen) atoms. The fourth-order valence-electron chi connectivity index (χ4n) is 4.39. The van der Waals surface area contributed by atoms with Crippen molar-refractivity contribution in [2.24, 2.45) is 5.92 Å². The predicted octanol–water partition coefficient (Wildman–Crippen LogP) is 5.81. The number of nitrogens with one attached hydrogen (secondary N) is 1. The van der Waals surface area contributed by atoms with Gasteiger partial charge in [0.15, 0.2) is 5.69 Å². The average Bonchev–Trinajstić information content (AvgIpc) is 3.12. The van der Waals surface area contributed by atoms with Crippen molar-refractivity contribution in [3.8, 4) is 0 Å². The van der Waals surface area contributed by atoms with Crippen LogP contribution in [0.1, 0.15) is 50.8 Å². The van der Waals surface area contributed by atoms with Gasteiger partial charge < -0.3 is 5.32 Å². The SMILES string of the molecule is CC1=C(S(=O)(=O)c2ccc(Cl)cc2)C(C2CCCCC2)n2nc(C(F)(F)F)cc2N1. The highest BCUT2D eigenvalue weighted by molar-refractivity contribution is 7.95. The largest absolute Gasteiger partial charge is 0.435 e. The van der Waals surface area contributed by atoms with Gasteiger partial charge >= 0.3 is 6.18 Å². The molecule has 162 valence electrons. The van der Waals surface area contributed by atoms with Gasteiger partial charge in [-0.05, 0) is 49.9 Å². The van der Waals surface area contributed by atoms with Crippen molar-refractivity contribution in [2.75, 3.05) is 5.32 Å². The maximum Gasteiger partial charge on any atom is 0.435 e. The van der Waals surface area contributed by atoms with E-state index in [2.05, 4.69) is 10.4 Å². The monoisotopic (exact) mass is 459 g/mol. The highest BCUT2D eigenvalue weighted by Gasteiger charge is 2.43. The zero-order chi connectivity index (χ0) is 21.7. The molecule has 2 aromatic rings. The van der Waals surface area contributed by atoms with Crippen LogP contribution < -0.4 is 5.32 Å². The summed E-state index contributed by atoms with van der Waals surface area (Å²) in [6.07, 6.45) is -0.304. The number of benzene rings is 1. The molecule has 0 amide bonds. The summed E-state index contributed by atoms with van der Waals surface area (Å²) in [6, 6.07) is 5.93. The van der Waals surface area contributed by atoms with Crippen LogP contribution in [0.4, 0.5) is 19.0 Å². The molecule has 2 heterocycles. The Bertz CT molecular complexity index is 1090. The number of nitrogens with zero attached hydrogens (tertiary/aromatic N) is 2. The molecule has 10 heteroatoms. The number of rotatable bonds is 3. The number of sulfone groups is 1. The third-order valence-electron chi connectivity index (χ3n) is 5.75. The van der Waals surface area contributed by atoms with E-state index >= 15 is 0 Å². The van der Waals surface area contributed by atoms with Gasteiger partial charge in [-0.3, -0.25) is 0 Å². The summed E-state index contributed by atoms with van der Waals surface area (Å²) < 4.78 is 68.3. The van der Waals surface area contributed by atoms with Crippen LogP contribution in [-0.2, 0) is 16.0 Å². The molecule has 0 spiro atoms. The van der Waals surface area contributed by atoms with Crippen LogP contribution in [0.2, 0.25) is 5.02 Å². The maximum atomic E-state index is 13.6. The van der Waals surface area contributed by atoms with Crippen molar-refractivity contribution in [1.82, 2.24) is 9.78 Å². The van der Waals surface area contributed by atoms with E-state index in [0.717, 1.165) is 38.2 Å². The van der Waals surface area contributed by atoms with Gasteiger partial charge in [-0.25, -0.2) is 13.1 Å². The van der Waals surface area contributed by atoms with Gasteiger partial charge in [-0.1, -0.05) is 30.9 Å². The number of hydrogen-bond acceptors (Lipinski definition) is 4. The predicted molar refractivity (Wildman–Crippen MR) is 108 cm³/mol. The fraction of sp³-hybridized carbons (Fsp3) is 0.450. The number of fused-ring (bicyclic) bond motifs is 1. The molecular weight excluding hydrogens is 439 g/mol. The molecule has 0 radical (unpaired) electrons. The number of halogens is 4. The molecular formula is C20H21ClF3N3O2S. The van der Waals surface area contributed by atoms with E-state index in [-0.39, 0.29) is 21.5 Å². The van der Waals surface area contributed by atoms with Gasteiger partial charge in [0.1, 0.15) is 5.82 Å². The lowest BCUT2D eigenvalue weighted by atomic mass is 9.83. The maximum absolute atomic E-state index is 13.6. The molecule has 1 aliphatic carbocycles. The van der Waals surface area contributed by atoms with Gasteiger partial charge in [0, 0.05) is 16.8 Å². The van der Waals surface area contributed by atoms with E-state index in [1.807, 2.05) is 0 Å². The third-order valence-corrected chi connectivity index (χ3v) is 8.02. The van der Waals surface area contributed by atoms with Gasteiger partial charge in [0.2, 0.25) is 9.84 Å². The Morgan fingerprint density at radius 3 is 2.37 bits per heavy atom. The first kappa shape index (κ1) is 21.2. The van der Waals surface area contributed by atoms with Crippen LogP contribution in [0.5, 0.6) is 0 Å². The lowest BCUT2D eigenvalue weighted by Crippen LogP contribution is -2.33. The summed E-state index contributed by atoms with van der Waals surface area (Å²) in [5.74, 6) is 0.0399. The molecule has 1 unspecified atom stereocenters. The zero-order valence-corrected chi connectivity index (χ0v) is 17.8. The summed E-state index contributed by atoms with van der Waals surface area (Å²) in [6.45, 7) is 1.59. The molecule has 1 saturated carbocycles. The molecule has 0 bridgehead atoms. The Balaban J connectivity index is 1.87. The van der Waals surface area contributed by atoms with Crippen molar-refractivity contribution in [2.45, 2.75) is 56.1 Å². The molecule has 1 N–H and O–H groups in total.